The van der Waals surface area contributed by atoms with Gasteiger partial charge >= 0.3 is 0 Å². The lowest BCUT2D eigenvalue weighted by molar-refractivity contribution is -0.429. The van der Waals surface area contributed by atoms with Gasteiger partial charge in [-0.3, -0.25) is 0 Å². The first-order chi connectivity index (χ1) is 3.85. The van der Waals surface area contributed by atoms with E-state index in [2.05, 4.69) is 15.9 Å². The molecule has 2 N–H and O–H groups in total. The predicted molar refractivity (Wildman–Crippen MR) is 29.3 cm³/mol. The third-order valence-corrected chi connectivity index (χ3v) is 0.854. The molecule has 0 amide bonds. The predicted octanol–water partition coefficient (Wildman–Crippen LogP) is 0.0651. The van der Waals surface area contributed by atoms with Crippen LogP contribution in [0.3, 0.4) is 0 Å². The molecule has 0 aromatic carbocycles. The third-order valence-electron chi connectivity index (χ3n) is 0.854. The Morgan fingerprint density at radius 2 is 1.88 bits per heavy atom. The topological polar surface area (TPSA) is 47.7 Å². The van der Waals surface area contributed by atoms with Crippen molar-refractivity contribution in [3.63, 3.8) is 0 Å². The Morgan fingerprint density at radius 3 is 2.00 bits per heavy atom. The van der Waals surface area contributed by atoms with Crippen molar-refractivity contribution in [1.29, 1.82) is 0 Å². The fourth-order valence-electron chi connectivity index (χ4n) is 0.390. The van der Waals surface area contributed by atoms with E-state index in [-0.39, 0.29) is 0 Å². The molecule has 0 aliphatic carbocycles. The van der Waals surface area contributed by atoms with Crippen LogP contribution in [0.4, 0.5) is 0 Å². The summed E-state index contributed by atoms with van der Waals surface area (Å²) in [5.41, 5.74) is 0. The zero-order valence-corrected chi connectivity index (χ0v) is 5.26. The minimum Gasteiger partial charge on any atom is -0.181 e. The highest BCUT2D eigenvalue weighted by atomic mass is 17.3. The van der Waals surface area contributed by atoms with E-state index in [1.54, 1.807) is 5.06 Å². The van der Waals surface area contributed by atoms with Crippen LogP contribution in [-0.2, 0) is 9.98 Å². The van der Waals surface area contributed by atoms with E-state index in [1.807, 2.05) is 13.8 Å². The van der Waals surface area contributed by atoms with Gasteiger partial charge in [0.15, 0.2) is 0 Å². The van der Waals surface area contributed by atoms with Gasteiger partial charge in [-0.15, -0.1) is 9.98 Å². The lowest BCUT2D eigenvalue weighted by Crippen LogP contribution is -2.24. The molecule has 8 heavy (non-hydrogen) atoms. The number of nitrogens with zero attached hydrogens (tertiary/aromatic N) is 1. The van der Waals surface area contributed by atoms with E-state index < -0.39 is 0 Å². The SMILES string of the molecule is CCN(CC)OON. The monoisotopic (exact) mass is 120 g/mol. The van der Waals surface area contributed by atoms with Crippen molar-refractivity contribution in [2.24, 2.45) is 5.90 Å². The molecule has 0 saturated carbocycles. The molecule has 4 heteroatoms. The summed E-state index contributed by atoms with van der Waals surface area (Å²) in [6.07, 6.45) is 0. The van der Waals surface area contributed by atoms with E-state index >= 15 is 0 Å². The fourth-order valence-corrected chi connectivity index (χ4v) is 0.390. The Kier molecular flexibility index (Phi) is 4.89. The molecule has 0 atom stereocenters. The Bertz CT molecular complexity index is 47.3. The van der Waals surface area contributed by atoms with Crippen molar-refractivity contribution in [3.8, 4) is 0 Å². The van der Waals surface area contributed by atoms with E-state index in [9.17, 15) is 0 Å². The van der Waals surface area contributed by atoms with Crippen LogP contribution in [0.1, 0.15) is 13.8 Å². The normalized spacial score (nSPS) is 10.5. The van der Waals surface area contributed by atoms with E-state index in [0.717, 1.165) is 13.1 Å². The van der Waals surface area contributed by atoms with Gasteiger partial charge in [-0.25, -0.2) is 0 Å². The molecule has 0 radical (unpaired) electrons. The van der Waals surface area contributed by atoms with Crippen LogP contribution in [0.5, 0.6) is 0 Å². The zero-order valence-electron chi connectivity index (χ0n) is 5.26. The Balaban J connectivity index is 3.07. The number of hydrogen-bond acceptors (Lipinski definition) is 4. The standard InChI is InChI=1S/C4H12N2O2/c1-3-6(4-2)8-7-5/h3-5H2,1-2H3. The van der Waals surface area contributed by atoms with E-state index in [4.69, 9.17) is 0 Å². The first kappa shape index (κ1) is 7.84. The van der Waals surface area contributed by atoms with Crippen molar-refractivity contribution in [1.82, 2.24) is 5.06 Å². The lowest BCUT2D eigenvalue weighted by Gasteiger charge is -2.12. The van der Waals surface area contributed by atoms with Gasteiger partial charge in [0.1, 0.15) is 0 Å². The second kappa shape index (κ2) is 4.99. The smallest absolute Gasteiger partial charge is 0.0243 e. The van der Waals surface area contributed by atoms with Crippen LogP contribution < -0.4 is 5.90 Å². The molecular weight excluding hydrogens is 108 g/mol. The van der Waals surface area contributed by atoms with Gasteiger partial charge in [-0.2, -0.15) is 11.0 Å². The maximum absolute atomic E-state index is 4.62. The molecule has 0 unspecified atom stereocenters. The number of nitrogens with two attached hydrogens (primary N) is 1. The summed E-state index contributed by atoms with van der Waals surface area (Å²) in [5.74, 6) is 4.62. The Morgan fingerprint density at radius 1 is 1.38 bits per heavy atom. The summed E-state index contributed by atoms with van der Waals surface area (Å²) in [7, 11) is 0. The maximum Gasteiger partial charge on any atom is 0.0243 e. The fraction of sp³-hybridized carbons (Fsp3) is 1.00. The maximum atomic E-state index is 4.62. The first-order valence-corrected chi connectivity index (χ1v) is 2.63. The summed E-state index contributed by atoms with van der Waals surface area (Å²) in [6.45, 7) is 5.44. The van der Waals surface area contributed by atoms with Crippen molar-refractivity contribution >= 4 is 0 Å². The molecule has 4 nitrogen and oxygen atoms in total. The zero-order chi connectivity index (χ0) is 6.41. The van der Waals surface area contributed by atoms with Crippen LogP contribution in [0, 0.1) is 0 Å². The lowest BCUT2D eigenvalue weighted by atomic mass is 10.6. The number of hydrogen-bond donors (Lipinski definition) is 1. The second-order valence-corrected chi connectivity index (χ2v) is 1.29. The van der Waals surface area contributed by atoms with Crippen LogP contribution in [0.15, 0.2) is 0 Å². The molecule has 0 spiro atoms. The molecular formula is C4H12N2O2. The molecule has 0 rings (SSSR count). The van der Waals surface area contributed by atoms with Gasteiger partial charge in [-0.05, 0) is 13.8 Å². The minimum atomic E-state index is 0.772. The van der Waals surface area contributed by atoms with Crippen LogP contribution in [-0.4, -0.2) is 18.2 Å². The van der Waals surface area contributed by atoms with Gasteiger partial charge in [0.2, 0.25) is 0 Å². The highest BCUT2D eigenvalue weighted by Crippen LogP contribution is 1.85. The van der Waals surface area contributed by atoms with Gasteiger partial charge < -0.3 is 0 Å². The highest BCUT2D eigenvalue weighted by molar-refractivity contribution is 4.28. The van der Waals surface area contributed by atoms with Crippen LogP contribution in [0.25, 0.3) is 0 Å². The summed E-state index contributed by atoms with van der Waals surface area (Å²) in [6, 6.07) is 0. The van der Waals surface area contributed by atoms with Gasteiger partial charge in [0.05, 0.1) is 0 Å². The largest absolute Gasteiger partial charge is 0.181 e. The summed E-state index contributed by atoms with van der Waals surface area (Å²) >= 11 is 0. The van der Waals surface area contributed by atoms with Crippen molar-refractivity contribution in [2.75, 3.05) is 13.1 Å². The second-order valence-electron chi connectivity index (χ2n) is 1.29. The highest BCUT2D eigenvalue weighted by Gasteiger charge is 1.95. The van der Waals surface area contributed by atoms with E-state index in [0.29, 0.717) is 0 Å². The molecule has 50 valence electrons. The van der Waals surface area contributed by atoms with Crippen molar-refractivity contribution in [2.45, 2.75) is 13.8 Å². The molecule has 0 aromatic rings. The Labute approximate surface area is 49.0 Å². The molecule has 0 aliphatic rings. The molecule has 0 heterocycles. The third kappa shape index (κ3) is 2.92. The summed E-state index contributed by atoms with van der Waals surface area (Å²) in [4.78, 5) is 8.36. The molecule has 0 bridgehead atoms. The molecule has 0 fully saturated rings. The van der Waals surface area contributed by atoms with Gasteiger partial charge in [0, 0.05) is 13.1 Å². The molecule has 0 aliphatic heterocycles. The van der Waals surface area contributed by atoms with Gasteiger partial charge in [-0.1, -0.05) is 0 Å². The number of rotatable bonds is 4. The van der Waals surface area contributed by atoms with Gasteiger partial charge in [0.25, 0.3) is 0 Å². The number of hydroxylamine groups is 2. The summed E-state index contributed by atoms with van der Waals surface area (Å²) in [5, 5.41) is 1.58. The first-order valence-electron chi connectivity index (χ1n) is 2.63. The average molecular weight is 120 g/mol. The molecule has 0 saturated heterocycles. The van der Waals surface area contributed by atoms with E-state index in [1.165, 1.54) is 0 Å². The quantitative estimate of drug-likeness (QED) is 0.421. The summed E-state index contributed by atoms with van der Waals surface area (Å²) < 4.78 is 0. The molecule has 0 aromatic heterocycles. The van der Waals surface area contributed by atoms with Crippen molar-refractivity contribution < 1.29 is 9.98 Å². The Hall–Kier alpha value is -0.160. The van der Waals surface area contributed by atoms with Crippen LogP contribution >= 0.6 is 0 Å². The average Bonchev–Trinajstić information content (AvgIpc) is 1.83. The minimum absolute atomic E-state index is 0.772. The van der Waals surface area contributed by atoms with Crippen LogP contribution in [0.2, 0.25) is 0 Å². The van der Waals surface area contributed by atoms with Crippen molar-refractivity contribution in [3.05, 3.63) is 0 Å².